The average Bonchev–Trinajstić information content (AvgIpc) is 3.03. The van der Waals surface area contributed by atoms with Gasteiger partial charge < -0.3 is 0 Å². The van der Waals surface area contributed by atoms with Crippen molar-refractivity contribution in [2.75, 3.05) is 0 Å². The van der Waals surface area contributed by atoms with E-state index in [4.69, 9.17) is 4.98 Å². The highest BCUT2D eigenvalue weighted by Gasteiger charge is 2.09. The lowest BCUT2D eigenvalue weighted by atomic mass is 10.1. The van der Waals surface area contributed by atoms with Crippen LogP contribution in [0.25, 0.3) is 22.2 Å². The molecule has 2 aromatic heterocycles. The maximum Gasteiger partial charge on any atom is 0.0721 e. The molecule has 2 heterocycles. The summed E-state index contributed by atoms with van der Waals surface area (Å²) in [4.78, 5) is 6.20. The topological polar surface area (TPSA) is 12.9 Å². The summed E-state index contributed by atoms with van der Waals surface area (Å²) in [6.07, 6.45) is 0.961. The third-order valence-corrected chi connectivity index (χ3v) is 4.75. The zero-order valence-corrected chi connectivity index (χ0v) is 12.9. The Morgan fingerprint density at radius 1 is 0.773 bits per heavy atom. The Morgan fingerprint density at radius 2 is 1.59 bits per heavy atom. The van der Waals surface area contributed by atoms with Gasteiger partial charge in [-0.15, -0.1) is 11.3 Å². The molecule has 0 aliphatic heterocycles. The van der Waals surface area contributed by atoms with Crippen LogP contribution < -0.4 is 0 Å². The van der Waals surface area contributed by atoms with Crippen LogP contribution in [0, 0.1) is 0 Å². The number of pyridine rings is 1. The number of thiophene rings is 1. The molecular weight excluding hydrogens is 286 g/mol. The van der Waals surface area contributed by atoms with Crippen molar-refractivity contribution in [2.24, 2.45) is 0 Å². The molecule has 4 rings (SSSR count). The van der Waals surface area contributed by atoms with Crippen LogP contribution in [0.3, 0.4) is 0 Å². The molecule has 0 spiro atoms. The molecule has 22 heavy (non-hydrogen) atoms. The van der Waals surface area contributed by atoms with E-state index < -0.39 is 0 Å². The van der Waals surface area contributed by atoms with Gasteiger partial charge in [-0.05, 0) is 29.1 Å². The van der Waals surface area contributed by atoms with Crippen molar-refractivity contribution in [1.29, 1.82) is 0 Å². The molecule has 0 aliphatic carbocycles. The van der Waals surface area contributed by atoms with Crippen LogP contribution >= 0.6 is 11.3 Å². The van der Waals surface area contributed by atoms with Crippen LogP contribution in [0.4, 0.5) is 0 Å². The number of aromatic nitrogens is 1. The van der Waals surface area contributed by atoms with Gasteiger partial charge in [0.15, 0.2) is 0 Å². The van der Waals surface area contributed by atoms with Gasteiger partial charge in [0.1, 0.15) is 0 Å². The molecule has 0 fully saturated rings. The summed E-state index contributed by atoms with van der Waals surface area (Å²) in [7, 11) is 0. The van der Waals surface area contributed by atoms with Gasteiger partial charge in [0.25, 0.3) is 0 Å². The first-order chi connectivity index (χ1) is 10.9. The van der Waals surface area contributed by atoms with Gasteiger partial charge in [-0.25, -0.2) is 4.98 Å². The van der Waals surface area contributed by atoms with Gasteiger partial charge in [0.05, 0.1) is 11.2 Å². The Kier molecular flexibility index (Phi) is 3.45. The predicted octanol–water partition coefficient (Wildman–Crippen LogP) is 5.55. The average molecular weight is 301 g/mol. The first-order valence-electron chi connectivity index (χ1n) is 7.36. The van der Waals surface area contributed by atoms with Crippen LogP contribution in [0.2, 0.25) is 0 Å². The van der Waals surface area contributed by atoms with E-state index in [9.17, 15) is 0 Å². The highest BCUT2D eigenvalue weighted by Crippen LogP contribution is 2.30. The summed E-state index contributed by atoms with van der Waals surface area (Å²) in [6, 6.07) is 25.3. The second-order valence-electron chi connectivity index (χ2n) is 5.31. The molecule has 0 atom stereocenters. The van der Waals surface area contributed by atoms with E-state index in [0.29, 0.717) is 0 Å². The number of rotatable bonds is 3. The summed E-state index contributed by atoms with van der Waals surface area (Å²) >= 11 is 1.80. The summed E-state index contributed by atoms with van der Waals surface area (Å²) in [5, 5.41) is 3.34. The van der Waals surface area contributed by atoms with Gasteiger partial charge in [-0.3, -0.25) is 0 Å². The minimum atomic E-state index is 0.961. The summed E-state index contributed by atoms with van der Waals surface area (Å²) < 4.78 is 0. The minimum absolute atomic E-state index is 0.961. The van der Waals surface area contributed by atoms with Gasteiger partial charge in [-0.1, -0.05) is 54.6 Å². The first kappa shape index (κ1) is 13.2. The zero-order valence-electron chi connectivity index (χ0n) is 12.1. The SMILES string of the molecule is c1ccc(Cc2sccc2-c2ccc3ccccc3n2)cc1. The number of para-hydroxylation sites is 1. The smallest absolute Gasteiger partial charge is 0.0721 e. The van der Waals surface area contributed by atoms with Gasteiger partial charge in [0.2, 0.25) is 0 Å². The van der Waals surface area contributed by atoms with Gasteiger partial charge in [0, 0.05) is 22.2 Å². The Labute approximate surface area is 133 Å². The van der Waals surface area contributed by atoms with E-state index in [1.807, 2.05) is 6.07 Å². The Morgan fingerprint density at radius 3 is 2.50 bits per heavy atom. The van der Waals surface area contributed by atoms with Crippen molar-refractivity contribution in [3.63, 3.8) is 0 Å². The van der Waals surface area contributed by atoms with Crippen molar-refractivity contribution in [1.82, 2.24) is 4.98 Å². The van der Waals surface area contributed by atoms with Gasteiger partial charge >= 0.3 is 0 Å². The molecule has 2 aromatic carbocycles. The molecule has 1 nitrogen and oxygen atoms in total. The monoisotopic (exact) mass is 301 g/mol. The number of hydrogen-bond donors (Lipinski definition) is 0. The lowest BCUT2D eigenvalue weighted by Crippen LogP contribution is -1.89. The predicted molar refractivity (Wildman–Crippen MR) is 94.3 cm³/mol. The Bertz CT molecular complexity index is 909. The fourth-order valence-electron chi connectivity index (χ4n) is 2.70. The molecule has 0 amide bonds. The molecule has 0 N–H and O–H groups in total. The lowest BCUT2D eigenvalue weighted by Gasteiger charge is -2.05. The molecule has 2 heteroatoms. The molecule has 0 saturated heterocycles. The van der Waals surface area contributed by atoms with Crippen molar-refractivity contribution >= 4 is 22.2 Å². The molecule has 4 aromatic rings. The summed E-state index contributed by atoms with van der Waals surface area (Å²) in [5.74, 6) is 0. The molecule has 0 saturated carbocycles. The zero-order chi connectivity index (χ0) is 14.8. The van der Waals surface area contributed by atoms with Crippen LogP contribution in [0.1, 0.15) is 10.4 Å². The molecular formula is C20H15NS. The quantitative estimate of drug-likeness (QED) is 0.483. The van der Waals surface area contributed by atoms with E-state index in [-0.39, 0.29) is 0 Å². The van der Waals surface area contributed by atoms with Crippen molar-refractivity contribution in [2.45, 2.75) is 6.42 Å². The van der Waals surface area contributed by atoms with Crippen LogP contribution in [-0.4, -0.2) is 4.98 Å². The number of hydrogen-bond acceptors (Lipinski definition) is 2. The second-order valence-corrected chi connectivity index (χ2v) is 6.31. The number of benzene rings is 2. The second kappa shape index (κ2) is 5.74. The maximum absolute atomic E-state index is 4.83. The molecule has 0 unspecified atom stereocenters. The molecule has 0 aliphatic rings. The molecule has 106 valence electrons. The van der Waals surface area contributed by atoms with Crippen molar-refractivity contribution in [3.05, 3.63) is 88.6 Å². The van der Waals surface area contributed by atoms with Crippen LogP contribution in [0.15, 0.2) is 78.2 Å². The third-order valence-electron chi connectivity index (χ3n) is 3.83. The van der Waals surface area contributed by atoms with Crippen LogP contribution in [-0.2, 0) is 6.42 Å². The highest BCUT2D eigenvalue weighted by molar-refractivity contribution is 7.10. The Hall–Kier alpha value is -2.45. The highest BCUT2D eigenvalue weighted by atomic mass is 32.1. The van der Waals surface area contributed by atoms with E-state index in [0.717, 1.165) is 17.6 Å². The van der Waals surface area contributed by atoms with E-state index in [2.05, 4.69) is 72.1 Å². The molecule has 0 bridgehead atoms. The van der Waals surface area contributed by atoms with E-state index in [1.165, 1.54) is 21.4 Å². The normalized spacial score (nSPS) is 10.9. The number of nitrogens with zero attached hydrogens (tertiary/aromatic N) is 1. The third kappa shape index (κ3) is 2.53. The standard InChI is InChI=1S/C20H15NS/c1-2-6-15(7-3-1)14-20-17(12-13-22-20)19-11-10-16-8-4-5-9-18(16)21-19/h1-13H,14H2. The Balaban J connectivity index is 1.74. The fourth-order valence-corrected chi connectivity index (χ4v) is 3.62. The van der Waals surface area contributed by atoms with Gasteiger partial charge in [-0.2, -0.15) is 0 Å². The minimum Gasteiger partial charge on any atom is -0.248 e. The van der Waals surface area contributed by atoms with Crippen molar-refractivity contribution in [3.8, 4) is 11.3 Å². The first-order valence-corrected chi connectivity index (χ1v) is 8.24. The maximum atomic E-state index is 4.83. The van der Waals surface area contributed by atoms with E-state index in [1.54, 1.807) is 11.3 Å². The lowest BCUT2D eigenvalue weighted by molar-refractivity contribution is 1.23. The fraction of sp³-hybridized carbons (Fsp3) is 0.0500. The van der Waals surface area contributed by atoms with E-state index >= 15 is 0 Å². The van der Waals surface area contributed by atoms with Crippen molar-refractivity contribution < 1.29 is 0 Å². The summed E-state index contributed by atoms with van der Waals surface area (Å²) in [6.45, 7) is 0. The largest absolute Gasteiger partial charge is 0.248 e. The molecule has 0 radical (unpaired) electrons. The van der Waals surface area contributed by atoms with Crippen LogP contribution in [0.5, 0.6) is 0 Å². The number of fused-ring (bicyclic) bond motifs is 1. The summed E-state index contributed by atoms with van der Waals surface area (Å²) in [5.41, 5.74) is 4.70.